The Balaban J connectivity index is 1.81. The van der Waals surface area contributed by atoms with Gasteiger partial charge in [-0.3, -0.25) is 0 Å². The highest BCUT2D eigenvalue weighted by Gasteiger charge is 2.10. The normalized spacial score (nSPS) is 10.7. The SMILES string of the molecule is COc1cc2nc(COc3ccc(C)cc3)[nH]c2cc1OC. The first kappa shape index (κ1) is 14.3. The molecule has 0 aliphatic carbocycles. The Labute approximate surface area is 128 Å². The van der Waals surface area contributed by atoms with Gasteiger partial charge in [0.15, 0.2) is 11.5 Å². The highest BCUT2D eigenvalue weighted by atomic mass is 16.5. The number of nitrogens with zero attached hydrogens (tertiary/aromatic N) is 1. The standard InChI is InChI=1S/C17H18N2O3/c1-11-4-6-12(7-5-11)22-10-17-18-13-8-15(20-2)16(21-3)9-14(13)19-17/h4-9H,10H2,1-3H3,(H,18,19). The molecule has 0 spiro atoms. The smallest absolute Gasteiger partial charge is 0.163 e. The second kappa shape index (κ2) is 5.97. The van der Waals surface area contributed by atoms with Crippen LogP contribution in [0.15, 0.2) is 36.4 Å². The predicted octanol–water partition coefficient (Wildman–Crippen LogP) is 3.47. The average molecular weight is 298 g/mol. The van der Waals surface area contributed by atoms with E-state index >= 15 is 0 Å². The van der Waals surface area contributed by atoms with Gasteiger partial charge in [-0.25, -0.2) is 4.98 Å². The van der Waals surface area contributed by atoms with E-state index in [0.717, 1.165) is 22.6 Å². The Morgan fingerprint density at radius 1 is 1.00 bits per heavy atom. The summed E-state index contributed by atoms with van der Waals surface area (Å²) in [5, 5.41) is 0. The molecule has 114 valence electrons. The number of aryl methyl sites for hydroxylation is 1. The van der Waals surface area contributed by atoms with Gasteiger partial charge in [0.25, 0.3) is 0 Å². The van der Waals surface area contributed by atoms with Crippen molar-refractivity contribution < 1.29 is 14.2 Å². The molecule has 0 amide bonds. The molecule has 22 heavy (non-hydrogen) atoms. The lowest BCUT2D eigenvalue weighted by atomic mass is 10.2. The molecule has 5 nitrogen and oxygen atoms in total. The molecule has 0 bridgehead atoms. The molecule has 0 atom stereocenters. The molecule has 3 aromatic rings. The molecule has 5 heteroatoms. The number of aromatic amines is 1. The summed E-state index contributed by atoms with van der Waals surface area (Å²) < 4.78 is 16.3. The number of methoxy groups -OCH3 is 2. The number of nitrogens with one attached hydrogen (secondary N) is 1. The van der Waals surface area contributed by atoms with Gasteiger partial charge in [0.2, 0.25) is 0 Å². The van der Waals surface area contributed by atoms with E-state index < -0.39 is 0 Å². The van der Waals surface area contributed by atoms with Crippen molar-refractivity contribution in [2.75, 3.05) is 14.2 Å². The molecule has 0 unspecified atom stereocenters. The minimum Gasteiger partial charge on any atom is -0.493 e. The quantitative estimate of drug-likeness (QED) is 0.783. The van der Waals surface area contributed by atoms with Crippen molar-refractivity contribution in [2.24, 2.45) is 0 Å². The van der Waals surface area contributed by atoms with Gasteiger partial charge >= 0.3 is 0 Å². The van der Waals surface area contributed by atoms with Crippen molar-refractivity contribution in [1.29, 1.82) is 0 Å². The number of benzene rings is 2. The molecule has 0 radical (unpaired) electrons. The fourth-order valence-corrected chi connectivity index (χ4v) is 2.24. The van der Waals surface area contributed by atoms with Crippen molar-refractivity contribution in [3.63, 3.8) is 0 Å². The maximum atomic E-state index is 5.73. The monoisotopic (exact) mass is 298 g/mol. The van der Waals surface area contributed by atoms with Crippen molar-refractivity contribution in [3.05, 3.63) is 47.8 Å². The first-order valence-electron chi connectivity index (χ1n) is 6.99. The average Bonchev–Trinajstić information content (AvgIpc) is 2.94. The Bertz CT molecular complexity index is 737. The molecule has 0 saturated carbocycles. The summed E-state index contributed by atoms with van der Waals surface area (Å²) in [7, 11) is 3.22. The summed E-state index contributed by atoms with van der Waals surface area (Å²) in [6.45, 7) is 2.42. The third-order valence-corrected chi connectivity index (χ3v) is 3.43. The number of hydrogen-bond acceptors (Lipinski definition) is 4. The lowest BCUT2D eigenvalue weighted by Crippen LogP contribution is -1.97. The summed E-state index contributed by atoms with van der Waals surface area (Å²) in [4.78, 5) is 7.74. The van der Waals surface area contributed by atoms with Crippen LogP contribution in [-0.4, -0.2) is 24.2 Å². The van der Waals surface area contributed by atoms with Gasteiger partial charge in [0.1, 0.15) is 18.2 Å². The molecule has 0 saturated heterocycles. The van der Waals surface area contributed by atoms with E-state index in [4.69, 9.17) is 14.2 Å². The van der Waals surface area contributed by atoms with Crippen LogP contribution in [0.5, 0.6) is 17.2 Å². The second-order valence-electron chi connectivity index (χ2n) is 5.01. The van der Waals surface area contributed by atoms with Gasteiger partial charge in [-0.05, 0) is 19.1 Å². The van der Waals surface area contributed by atoms with Crippen molar-refractivity contribution in [3.8, 4) is 17.2 Å². The topological polar surface area (TPSA) is 56.4 Å². The fourth-order valence-electron chi connectivity index (χ4n) is 2.24. The third-order valence-electron chi connectivity index (χ3n) is 3.43. The van der Waals surface area contributed by atoms with E-state index in [0.29, 0.717) is 18.1 Å². The summed E-state index contributed by atoms with van der Waals surface area (Å²) in [6, 6.07) is 11.7. The number of hydrogen-bond donors (Lipinski definition) is 1. The zero-order valence-corrected chi connectivity index (χ0v) is 12.8. The number of fused-ring (bicyclic) bond motifs is 1. The van der Waals surface area contributed by atoms with Gasteiger partial charge < -0.3 is 19.2 Å². The number of ether oxygens (including phenoxy) is 3. The molecular weight excluding hydrogens is 280 g/mol. The van der Waals surface area contributed by atoms with E-state index in [1.54, 1.807) is 14.2 Å². The third kappa shape index (κ3) is 2.83. The molecule has 1 aromatic heterocycles. The van der Waals surface area contributed by atoms with Crippen LogP contribution in [0.2, 0.25) is 0 Å². The lowest BCUT2D eigenvalue weighted by Gasteiger charge is -2.06. The van der Waals surface area contributed by atoms with Crippen LogP contribution < -0.4 is 14.2 Å². The number of rotatable bonds is 5. The van der Waals surface area contributed by atoms with Crippen LogP contribution >= 0.6 is 0 Å². The number of aromatic nitrogens is 2. The van der Waals surface area contributed by atoms with Crippen molar-refractivity contribution in [2.45, 2.75) is 13.5 Å². The molecule has 1 N–H and O–H groups in total. The van der Waals surface area contributed by atoms with Crippen LogP contribution in [0.4, 0.5) is 0 Å². The highest BCUT2D eigenvalue weighted by molar-refractivity contribution is 5.79. The van der Waals surface area contributed by atoms with Gasteiger partial charge in [-0.15, -0.1) is 0 Å². The fraction of sp³-hybridized carbons (Fsp3) is 0.235. The Kier molecular flexibility index (Phi) is 3.87. The highest BCUT2D eigenvalue weighted by Crippen LogP contribution is 2.31. The predicted molar refractivity (Wildman–Crippen MR) is 84.7 cm³/mol. The van der Waals surface area contributed by atoms with Crippen LogP contribution in [0.25, 0.3) is 11.0 Å². The summed E-state index contributed by atoms with van der Waals surface area (Å²) >= 11 is 0. The molecule has 1 heterocycles. The zero-order chi connectivity index (χ0) is 15.5. The van der Waals surface area contributed by atoms with Crippen LogP contribution in [0.1, 0.15) is 11.4 Å². The first-order chi connectivity index (χ1) is 10.7. The van der Waals surface area contributed by atoms with Gasteiger partial charge in [-0.2, -0.15) is 0 Å². The van der Waals surface area contributed by atoms with Gasteiger partial charge in [0, 0.05) is 12.1 Å². The Hall–Kier alpha value is -2.69. The van der Waals surface area contributed by atoms with E-state index in [-0.39, 0.29) is 0 Å². The number of imidazole rings is 1. The Morgan fingerprint density at radius 2 is 1.68 bits per heavy atom. The lowest BCUT2D eigenvalue weighted by molar-refractivity contribution is 0.297. The molecule has 0 aliphatic rings. The maximum Gasteiger partial charge on any atom is 0.163 e. The van der Waals surface area contributed by atoms with Crippen molar-refractivity contribution >= 4 is 11.0 Å². The van der Waals surface area contributed by atoms with Crippen LogP contribution in [0.3, 0.4) is 0 Å². The van der Waals surface area contributed by atoms with E-state index in [1.807, 2.05) is 43.3 Å². The minimum atomic E-state index is 0.377. The van der Waals surface area contributed by atoms with Gasteiger partial charge in [-0.1, -0.05) is 17.7 Å². The molecule has 0 fully saturated rings. The van der Waals surface area contributed by atoms with E-state index in [9.17, 15) is 0 Å². The largest absolute Gasteiger partial charge is 0.493 e. The maximum absolute atomic E-state index is 5.73. The molecular formula is C17H18N2O3. The zero-order valence-electron chi connectivity index (χ0n) is 12.8. The van der Waals surface area contributed by atoms with Crippen LogP contribution in [0, 0.1) is 6.92 Å². The second-order valence-corrected chi connectivity index (χ2v) is 5.01. The molecule has 0 aliphatic heterocycles. The summed E-state index contributed by atoms with van der Waals surface area (Å²) in [6.07, 6.45) is 0. The summed E-state index contributed by atoms with van der Waals surface area (Å²) in [5.41, 5.74) is 2.91. The minimum absolute atomic E-state index is 0.377. The molecule has 2 aromatic carbocycles. The van der Waals surface area contributed by atoms with Crippen LogP contribution in [-0.2, 0) is 6.61 Å². The summed E-state index contributed by atoms with van der Waals surface area (Å²) in [5.74, 6) is 2.91. The van der Waals surface area contributed by atoms with E-state index in [2.05, 4.69) is 9.97 Å². The Morgan fingerprint density at radius 3 is 2.36 bits per heavy atom. The molecule has 3 rings (SSSR count). The van der Waals surface area contributed by atoms with Gasteiger partial charge in [0.05, 0.1) is 25.3 Å². The first-order valence-corrected chi connectivity index (χ1v) is 6.99. The number of H-pyrrole nitrogens is 1. The van der Waals surface area contributed by atoms with E-state index in [1.165, 1.54) is 5.56 Å². The van der Waals surface area contributed by atoms with Crippen molar-refractivity contribution in [1.82, 2.24) is 9.97 Å².